The van der Waals surface area contributed by atoms with Gasteiger partial charge in [0.25, 0.3) is 0 Å². The summed E-state index contributed by atoms with van der Waals surface area (Å²) in [5.74, 6) is 1.79. The summed E-state index contributed by atoms with van der Waals surface area (Å²) in [5, 5.41) is 6.58. The predicted octanol–water partition coefficient (Wildman–Crippen LogP) is 2.22. The highest BCUT2D eigenvalue weighted by atomic mass is 16.5. The van der Waals surface area contributed by atoms with Gasteiger partial charge in [0.1, 0.15) is 5.75 Å². The molecule has 0 aliphatic carbocycles. The average molecular weight is 307 g/mol. The number of guanidine groups is 1. The molecule has 5 nitrogen and oxygen atoms in total. The number of rotatable bonds is 10. The maximum Gasteiger partial charge on any atom is 0.191 e. The third-order valence-corrected chi connectivity index (χ3v) is 3.01. The third-order valence-electron chi connectivity index (χ3n) is 3.01. The number of aliphatic imine (C=N–C) groups is 1. The lowest BCUT2D eigenvalue weighted by Crippen LogP contribution is -2.38. The van der Waals surface area contributed by atoms with Crippen LogP contribution in [0.5, 0.6) is 5.75 Å². The molecule has 124 valence electrons. The topological polar surface area (TPSA) is 54.9 Å². The summed E-state index contributed by atoms with van der Waals surface area (Å²) in [5.41, 5.74) is 1.21. The van der Waals surface area contributed by atoms with Gasteiger partial charge in [0.15, 0.2) is 5.96 Å². The molecule has 0 fully saturated rings. The van der Waals surface area contributed by atoms with Crippen molar-refractivity contribution in [2.24, 2.45) is 4.99 Å². The molecular formula is C17H29N3O2. The normalized spacial score (nSPS) is 11.3. The molecule has 0 radical (unpaired) electrons. The summed E-state index contributed by atoms with van der Waals surface area (Å²) in [4.78, 5) is 4.48. The Morgan fingerprint density at radius 2 is 1.91 bits per heavy atom. The van der Waals surface area contributed by atoms with Crippen molar-refractivity contribution in [1.29, 1.82) is 0 Å². The Morgan fingerprint density at radius 3 is 2.64 bits per heavy atom. The number of para-hydroxylation sites is 1. The maximum absolute atomic E-state index is 5.64. The molecule has 0 heterocycles. The molecule has 0 amide bonds. The van der Waals surface area contributed by atoms with Gasteiger partial charge in [-0.15, -0.1) is 0 Å². The van der Waals surface area contributed by atoms with Crippen molar-refractivity contribution in [3.63, 3.8) is 0 Å². The van der Waals surface area contributed by atoms with Gasteiger partial charge in [0, 0.05) is 19.7 Å². The molecule has 0 atom stereocenters. The average Bonchev–Trinajstić information content (AvgIpc) is 2.53. The molecule has 0 saturated carbocycles. The van der Waals surface area contributed by atoms with Crippen LogP contribution in [0.4, 0.5) is 0 Å². The first-order valence-corrected chi connectivity index (χ1v) is 8.12. The molecule has 1 rings (SSSR count). The predicted molar refractivity (Wildman–Crippen MR) is 91.8 cm³/mol. The Morgan fingerprint density at radius 1 is 1.09 bits per heavy atom. The summed E-state index contributed by atoms with van der Waals surface area (Å²) in [7, 11) is 0. The van der Waals surface area contributed by atoms with Crippen LogP contribution in [-0.4, -0.2) is 45.4 Å². The van der Waals surface area contributed by atoms with Crippen LogP contribution < -0.4 is 15.4 Å². The Hall–Kier alpha value is -1.75. The Kier molecular flexibility index (Phi) is 9.87. The monoisotopic (exact) mass is 307 g/mol. The van der Waals surface area contributed by atoms with Gasteiger partial charge in [-0.25, -0.2) is 0 Å². The van der Waals surface area contributed by atoms with Gasteiger partial charge in [-0.1, -0.05) is 18.2 Å². The van der Waals surface area contributed by atoms with Crippen molar-refractivity contribution in [2.45, 2.75) is 27.2 Å². The van der Waals surface area contributed by atoms with Gasteiger partial charge in [-0.05, 0) is 38.8 Å². The first kappa shape index (κ1) is 18.3. The second-order valence-corrected chi connectivity index (χ2v) is 4.68. The van der Waals surface area contributed by atoms with Crippen LogP contribution in [0.3, 0.4) is 0 Å². The van der Waals surface area contributed by atoms with E-state index in [-0.39, 0.29) is 0 Å². The third kappa shape index (κ3) is 7.31. The fourth-order valence-corrected chi connectivity index (χ4v) is 2.03. The van der Waals surface area contributed by atoms with Crippen molar-refractivity contribution in [3.05, 3.63) is 29.8 Å². The fourth-order valence-electron chi connectivity index (χ4n) is 2.03. The van der Waals surface area contributed by atoms with Crippen LogP contribution in [0, 0.1) is 0 Å². The summed E-state index contributed by atoms with van der Waals surface area (Å²) < 4.78 is 10.9. The second kappa shape index (κ2) is 11.9. The zero-order valence-electron chi connectivity index (χ0n) is 14.0. The lowest BCUT2D eigenvalue weighted by molar-refractivity contribution is 0.155. The molecule has 0 spiro atoms. The van der Waals surface area contributed by atoms with Crippen molar-refractivity contribution in [3.8, 4) is 5.75 Å². The van der Waals surface area contributed by atoms with Crippen molar-refractivity contribution >= 4 is 5.96 Å². The number of ether oxygens (including phenoxy) is 2. The minimum absolute atomic E-state index is 0.653. The summed E-state index contributed by atoms with van der Waals surface area (Å²) >= 11 is 0. The molecular weight excluding hydrogens is 278 g/mol. The van der Waals surface area contributed by atoms with Crippen LogP contribution in [0.15, 0.2) is 29.3 Å². The zero-order valence-corrected chi connectivity index (χ0v) is 14.0. The van der Waals surface area contributed by atoms with Gasteiger partial charge in [0.2, 0.25) is 0 Å². The van der Waals surface area contributed by atoms with Gasteiger partial charge in [-0.3, -0.25) is 4.99 Å². The van der Waals surface area contributed by atoms with E-state index >= 15 is 0 Å². The Labute approximate surface area is 134 Å². The fraction of sp³-hybridized carbons (Fsp3) is 0.588. The molecule has 0 bridgehead atoms. The van der Waals surface area contributed by atoms with Crippen LogP contribution >= 0.6 is 0 Å². The van der Waals surface area contributed by atoms with E-state index in [0.29, 0.717) is 19.8 Å². The number of nitrogens with one attached hydrogen (secondary N) is 2. The minimum atomic E-state index is 0.653. The van der Waals surface area contributed by atoms with Crippen LogP contribution in [0.25, 0.3) is 0 Å². The molecule has 0 aliphatic heterocycles. The highest BCUT2D eigenvalue weighted by Gasteiger charge is 2.03. The number of nitrogens with zero attached hydrogens (tertiary/aromatic N) is 1. The summed E-state index contributed by atoms with van der Waals surface area (Å²) in [6.45, 7) is 10.4. The molecule has 5 heteroatoms. The molecule has 1 aromatic rings. The van der Waals surface area contributed by atoms with E-state index in [2.05, 4.69) is 28.6 Å². The molecule has 0 aromatic heterocycles. The molecule has 2 N–H and O–H groups in total. The van der Waals surface area contributed by atoms with Gasteiger partial charge in [-0.2, -0.15) is 0 Å². The Balaban J connectivity index is 2.45. The van der Waals surface area contributed by atoms with Crippen LogP contribution in [-0.2, 0) is 11.2 Å². The molecule has 0 unspecified atom stereocenters. The quantitative estimate of drug-likeness (QED) is 0.395. The van der Waals surface area contributed by atoms with E-state index in [0.717, 1.165) is 37.8 Å². The van der Waals surface area contributed by atoms with Crippen LogP contribution in [0.2, 0.25) is 0 Å². The first-order valence-electron chi connectivity index (χ1n) is 8.12. The highest BCUT2D eigenvalue weighted by Crippen LogP contribution is 2.17. The second-order valence-electron chi connectivity index (χ2n) is 4.68. The van der Waals surface area contributed by atoms with Gasteiger partial charge >= 0.3 is 0 Å². The summed E-state index contributed by atoms with van der Waals surface area (Å²) in [6.07, 6.45) is 0.895. The van der Waals surface area contributed by atoms with E-state index in [1.165, 1.54) is 5.56 Å². The highest BCUT2D eigenvalue weighted by molar-refractivity contribution is 5.79. The number of hydrogen-bond acceptors (Lipinski definition) is 3. The Bertz CT molecular complexity index is 436. The lowest BCUT2D eigenvalue weighted by Gasteiger charge is -2.13. The molecule has 0 saturated heterocycles. The van der Waals surface area contributed by atoms with Gasteiger partial charge < -0.3 is 20.1 Å². The van der Waals surface area contributed by atoms with Gasteiger partial charge in [0.05, 0.1) is 19.8 Å². The molecule has 22 heavy (non-hydrogen) atoms. The van der Waals surface area contributed by atoms with E-state index < -0.39 is 0 Å². The van der Waals surface area contributed by atoms with E-state index in [9.17, 15) is 0 Å². The molecule has 0 aliphatic rings. The van der Waals surface area contributed by atoms with Crippen molar-refractivity contribution < 1.29 is 9.47 Å². The smallest absolute Gasteiger partial charge is 0.191 e. The van der Waals surface area contributed by atoms with E-state index in [4.69, 9.17) is 9.47 Å². The van der Waals surface area contributed by atoms with E-state index in [1.807, 2.05) is 32.0 Å². The zero-order chi connectivity index (χ0) is 16.0. The number of benzene rings is 1. The maximum atomic E-state index is 5.64. The molecule has 1 aromatic carbocycles. The van der Waals surface area contributed by atoms with E-state index in [1.54, 1.807) is 0 Å². The van der Waals surface area contributed by atoms with Crippen molar-refractivity contribution in [1.82, 2.24) is 10.6 Å². The van der Waals surface area contributed by atoms with Crippen LogP contribution in [0.1, 0.15) is 26.3 Å². The van der Waals surface area contributed by atoms with Crippen molar-refractivity contribution in [2.75, 3.05) is 39.5 Å². The SMILES string of the molecule is CCNC(=NCCOCC)NCCc1ccccc1OCC. The first-order chi connectivity index (χ1) is 10.8. The largest absolute Gasteiger partial charge is 0.494 e. The summed E-state index contributed by atoms with van der Waals surface area (Å²) in [6, 6.07) is 8.16. The minimum Gasteiger partial charge on any atom is -0.494 e. The lowest BCUT2D eigenvalue weighted by atomic mass is 10.1. The number of hydrogen-bond donors (Lipinski definition) is 2. The standard InChI is InChI=1S/C17H29N3O2/c1-4-18-17(20-13-14-21-5-2)19-12-11-15-9-7-8-10-16(15)22-6-3/h7-10H,4-6,11-14H2,1-3H3,(H2,18,19,20).